The molecule has 0 aliphatic heterocycles. The van der Waals surface area contributed by atoms with Crippen molar-refractivity contribution in [2.45, 2.75) is 0 Å². The van der Waals surface area contributed by atoms with E-state index in [-0.39, 0.29) is 0 Å². The van der Waals surface area contributed by atoms with Crippen LogP contribution < -0.4 is 10.4 Å². The van der Waals surface area contributed by atoms with E-state index in [0.717, 1.165) is 0 Å². The SMILES string of the molecule is C=C[SiH](c1cccc2ccccc12)c1cccc2ccccc12. The molecule has 0 aromatic heterocycles. The monoisotopic (exact) mass is 310 g/mol. The summed E-state index contributed by atoms with van der Waals surface area (Å²) in [5, 5.41) is 8.25. The van der Waals surface area contributed by atoms with Crippen LogP contribution in [0.3, 0.4) is 0 Å². The predicted molar refractivity (Wildman–Crippen MR) is 105 cm³/mol. The molecule has 4 aromatic carbocycles. The van der Waals surface area contributed by atoms with Crippen molar-refractivity contribution in [1.29, 1.82) is 0 Å². The Bertz CT molecular complexity index is 911. The molecule has 1 heteroatoms. The van der Waals surface area contributed by atoms with Crippen LogP contribution in [0.5, 0.6) is 0 Å². The van der Waals surface area contributed by atoms with E-state index in [9.17, 15) is 0 Å². The lowest BCUT2D eigenvalue weighted by molar-refractivity contribution is 1.76. The minimum atomic E-state index is -1.47. The summed E-state index contributed by atoms with van der Waals surface area (Å²) >= 11 is 0. The highest BCUT2D eigenvalue weighted by molar-refractivity contribution is 6.92. The Labute approximate surface area is 138 Å². The van der Waals surface area contributed by atoms with E-state index in [2.05, 4.69) is 97.2 Å². The van der Waals surface area contributed by atoms with E-state index in [4.69, 9.17) is 0 Å². The second-order valence-electron chi connectivity index (χ2n) is 5.85. The molecule has 0 amide bonds. The molecule has 4 aromatic rings. The molecular weight excluding hydrogens is 292 g/mol. The minimum Gasteiger partial charge on any atom is -0.107 e. The number of fused-ring (bicyclic) bond motifs is 2. The molecule has 0 heterocycles. The van der Waals surface area contributed by atoms with Crippen LogP contribution in [0.2, 0.25) is 0 Å². The van der Waals surface area contributed by atoms with Gasteiger partial charge in [0, 0.05) is 0 Å². The van der Waals surface area contributed by atoms with Gasteiger partial charge in [0.1, 0.15) is 8.80 Å². The van der Waals surface area contributed by atoms with Gasteiger partial charge in [0.05, 0.1) is 0 Å². The van der Waals surface area contributed by atoms with Crippen LogP contribution >= 0.6 is 0 Å². The fourth-order valence-corrected chi connectivity index (χ4v) is 6.14. The highest BCUT2D eigenvalue weighted by Crippen LogP contribution is 2.15. The maximum absolute atomic E-state index is 4.19. The first kappa shape index (κ1) is 14.0. The number of benzene rings is 4. The van der Waals surface area contributed by atoms with Gasteiger partial charge in [-0.1, -0.05) is 90.6 Å². The molecule has 0 unspecified atom stereocenters. The lowest BCUT2D eigenvalue weighted by Crippen LogP contribution is -2.41. The summed E-state index contributed by atoms with van der Waals surface area (Å²) in [7, 11) is -1.47. The summed E-state index contributed by atoms with van der Waals surface area (Å²) in [6.07, 6.45) is 0. The van der Waals surface area contributed by atoms with Gasteiger partial charge in [-0.25, -0.2) is 0 Å². The molecule has 110 valence electrons. The van der Waals surface area contributed by atoms with Crippen molar-refractivity contribution in [3.05, 3.63) is 97.2 Å². The zero-order valence-corrected chi connectivity index (χ0v) is 14.1. The second-order valence-corrected chi connectivity index (χ2v) is 8.52. The van der Waals surface area contributed by atoms with Gasteiger partial charge in [-0.3, -0.25) is 0 Å². The molecule has 0 nitrogen and oxygen atoms in total. The van der Waals surface area contributed by atoms with Gasteiger partial charge in [-0.15, -0.1) is 6.58 Å². The minimum absolute atomic E-state index is 1.31. The van der Waals surface area contributed by atoms with Gasteiger partial charge in [-0.05, 0) is 31.9 Å². The maximum Gasteiger partial charge on any atom is 0.126 e. The van der Waals surface area contributed by atoms with Gasteiger partial charge in [0.25, 0.3) is 0 Å². The summed E-state index contributed by atoms with van der Waals surface area (Å²) < 4.78 is 0. The van der Waals surface area contributed by atoms with Crippen LogP contribution in [0.4, 0.5) is 0 Å². The average molecular weight is 310 g/mol. The van der Waals surface area contributed by atoms with Crippen molar-refractivity contribution in [2.24, 2.45) is 0 Å². The molecular formula is C22H18Si. The molecule has 0 aliphatic rings. The second kappa shape index (κ2) is 5.86. The van der Waals surface area contributed by atoms with Gasteiger partial charge in [0.2, 0.25) is 0 Å². The number of rotatable bonds is 3. The molecule has 0 saturated carbocycles. The Kier molecular flexibility index (Phi) is 3.56. The fraction of sp³-hybridized carbons (Fsp3) is 0. The van der Waals surface area contributed by atoms with Crippen LogP contribution in [-0.2, 0) is 0 Å². The molecule has 0 atom stereocenters. The van der Waals surface area contributed by atoms with Crippen molar-refractivity contribution in [2.75, 3.05) is 0 Å². The largest absolute Gasteiger partial charge is 0.126 e. The average Bonchev–Trinajstić information content (AvgIpc) is 2.63. The zero-order chi connectivity index (χ0) is 15.6. The van der Waals surface area contributed by atoms with Gasteiger partial charge < -0.3 is 0 Å². The smallest absolute Gasteiger partial charge is 0.107 e. The standard InChI is InChI=1S/C22H18Si/c1-2-23(21-15-7-11-17-9-3-5-13-19(17)21)22-16-8-12-18-10-4-6-14-20(18)22/h2-16,23H,1H2. The zero-order valence-electron chi connectivity index (χ0n) is 12.9. The molecule has 0 saturated heterocycles. The van der Waals surface area contributed by atoms with Crippen LogP contribution in [0.15, 0.2) is 97.2 Å². The van der Waals surface area contributed by atoms with E-state index in [1.807, 2.05) is 0 Å². The lowest BCUT2D eigenvalue weighted by atomic mass is 10.1. The number of hydrogen-bond acceptors (Lipinski definition) is 0. The van der Waals surface area contributed by atoms with E-state index >= 15 is 0 Å². The summed E-state index contributed by atoms with van der Waals surface area (Å²) in [5.41, 5.74) is 2.20. The first-order valence-corrected chi connectivity index (χ1v) is 9.78. The van der Waals surface area contributed by atoms with Crippen molar-refractivity contribution in [1.82, 2.24) is 0 Å². The first-order chi connectivity index (χ1) is 11.4. The van der Waals surface area contributed by atoms with Crippen LogP contribution in [-0.4, -0.2) is 8.80 Å². The molecule has 0 spiro atoms. The fourth-order valence-electron chi connectivity index (χ4n) is 3.46. The van der Waals surface area contributed by atoms with Gasteiger partial charge in [-0.2, -0.15) is 0 Å². The molecule has 4 rings (SSSR count). The highest BCUT2D eigenvalue weighted by Gasteiger charge is 2.17. The summed E-state index contributed by atoms with van der Waals surface area (Å²) in [5.74, 6) is 0. The normalized spacial score (nSPS) is 11.2. The molecule has 0 N–H and O–H groups in total. The summed E-state index contributed by atoms with van der Waals surface area (Å²) in [6, 6.07) is 30.6. The first-order valence-electron chi connectivity index (χ1n) is 7.96. The van der Waals surface area contributed by atoms with E-state index in [0.29, 0.717) is 0 Å². The Balaban J connectivity index is 1.99. The van der Waals surface area contributed by atoms with Crippen molar-refractivity contribution >= 4 is 40.7 Å². The molecule has 0 bridgehead atoms. The Morgan fingerprint density at radius 3 is 1.48 bits per heavy atom. The van der Waals surface area contributed by atoms with Crippen LogP contribution in [0.25, 0.3) is 21.5 Å². The van der Waals surface area contributed by atoms with E-state index in [1.165, 1.54) is 31.9 Å². The quantitative estimate of drug-likeness (QED) is 0.501. The van der Waals surface area contributed by atoms with Crippen molar-refractivity contribution in [3.8, 4) is 0 Å². The maximum atomic E-state index is 4.19. The lowest BCUT2D eigenvalue weighted by Gasteiger charge is -2.17. The molecule has 23 heavy (non-hydrogen) atoms. The van der Waals surface area contributed by atoms with E-state index in [1.54, 1.807) is 0 Å². The Morgan fingerprint density at radius 1 is 0.565 bits per heavy atom. The molecule has 0 aliphatic carbocycles. The predicted octanol–water partition coefficient (Wildman–Crippen LogP) is 4.06. The third-order valence-electron chi connectivity index (χ3n) is 4.55. The molecule has 0 radical (unpaired) electrons. The molecule has 0 fully saturated rings. The van der Waals surface area contributed by atoms with Gasteiger partial charge >= 0.3 is 0 Å². The van der Waals surface area contributed by atoms with Crippen LogP contribution in [0.1, 0.15) is 0 Å². The van der Waals surface area contributed by atoms with E-state index < -0.39 is 8.80 Å². The number of hydrogen-bond donors (Lipinski definition) is 0. The third-order valence-corrected chi connectivity index (χ3v) is 7.37. The summed E-state index contributed by atoms with van der Waals surface area (Å²) in [4.78, 5) is 0. The van der Waals surface area contributed by atoms with Crippen molar-refractivity contribution in [3.63, 3.8) is 0 Å². The Hall–Kier alpha value is -2.64. The van der Waals surface area contributed by atoms with Crippen molar-refractivity contribution < 1.29 is 0 Å². The van der Waals surface area contributed by atoms with Crippen LogP contribution in [0, 0.1) is 0 Å². The Morgan fingerprint density at radius 2 is 1.00 bits per heavy atom. The van der Waals surface area contributed by atoms with Gasteiger partial charge in [0.15, 0.2) is 0 Å². The third kappa shape index (κ3) is 2.39. The summed E-state index contributed by atoms with van der Waals surface area (Å²) in [6.45, 7) is 4.19. The topological polar surface area (TPSA) is 0 Å². The highest BCUT2D eigenvalue weighted by atomic mass is 28.3.